The van der Waals surface area contributed by atoms with Crippen molar-refractivity contribution in [2.24, 2.45) is 0 Å². The Morgan fingerprint density at radius 3 is 2.47 bits per heavy atom. The molecule has 0 unspecified atom stereocenters. The number of hydrogen-bond acceptors (Lipinski definition) is 4. The second-order valence-corrected chi connectivity index (χ2v) is 3.31. The first-order valence-electron chi connectivity index (χ1n) is 5.07. The molecular weight excluding hydrogens is 222 g/mol. The van der Waals surface area contributed by atoms with Crippen molar-refractivity contribution < 1.29 is 14.3 Å². The van der Waals surface area contributed by atoms with E-state index in [0.29, 0.717) is 11.4 Å². The van der Waals surface area contributed by atoms with Crippen LogP contribution in [0.5, 0.6) is 5.75 Å². The van der Waals surface area contributed by atoms with E-state index in [4.69, 9.17) is 10.5 Å². The lowest BCUT2D eigenvalue weighted by molar-refractivity contribution is -0.127. The van der Waals surface area contributed by atoms with Gasteiger partial charge in [-0.2, -0.15) is 0 Å². The summed E-state index contributed by atoms with van der Waals surface area (Å²) in [5.41, 5.74) is 6.13. The van der Waals surface area contributed by atoms with E-state index < -0.39 is 0 Å². The number of likely N-dealkylation sites (N-methyl/N-ethyl adjacent to an activating group) is 1. The number of carbonyl (C=O) groups excluding carboxylic acids is 2. The Morgan fingerprint density at radius 2 is 1.88 bits per heavy atom. The number of anilines is 1. The van der Waals surface area contributed by atoms with Crippen LogP contribution in [0.1, 0.15) is 0 Å². The van der Waals surface area contributed by atoms with Crippen LogP contribution >= 0.6 is 0 Å². The number of nitrogens with one attached hydrogen (secondary N) is 2. The molecule has 2 amide bonds. The van der Waals surface area contributed by atoms with Crippen LogP contribution < -0.4 is 21.1 Å². The van der Waals surface area contributed by atoms with E-state index in [2.05, 4.69) is 10.6 Å². The number of ether oxygens (including phenoxy) is 1. The van der Waals surface area contributed by atoms with E-state index in [1.54, 1.807) is 24.3 Å². The Kier molecular flexibility index (Phi) is 4.80. The van der Waals surface area contributed by atoms with Crippen molar-refractivity contribution in [3.63, 3.8) is 0 Å². The average Bonchev–Trinajstić information content (AvgIpc) is 2.35. The molecule has 1 aromatic rings. The molecule has 0 spiro atoms. The molecule has 0 fully saturated rings. The number of benzene rings is 1. The highest BCUT2D eigenvalue weighted by Gasteiger charge is 2.04. The van der Waals surface area contributed by atoms with Crippen LogP contribution in [0.4, 0.5) is 5.69 Å². The molecule has 4 N–H and O–H groups in total. The third kappa shape index (κ3) is 4.87. The van der Waals surface area contributed by atoms with E-state index in [1.165, 1.54) is 7.05 Å². The van der Waals surface area contributed by atoms with Gasteiger partial charge in [-0.25, -0.2) is 0 Å². The number of hydrogen-bond donors (Lipinski definition) is 3. The minimum absolute atomic E-state index is 0.0551. The van der Waals surface area contributed by atoms with E-state index in [9.17, 15) is 9.59 Å². The summed E-state index contributed by atoms with van der Waals surface area (Å²) in [5, 5.41) is 4.81. The third-order valence-corrected chi connectivity index (χ3v) is 1.97. The lowest BCUT2D eigenvalue weighted by Gasteiger charge is -2.07. The summed E-state index contributed by atoms with van der Waals surface area (Å²) in [5.74, 6) is -0.0643. The molecule has 0 saturated heterocycles. The van der Waals surface area contributed by atoms with Crippen LogP contribution in [0.3, 0.4) is 0 Å². The van der Waals surface area contributed by atoms with E-state index in [-0.39, 0.29) is 25.0 Å². The Bertz CT molecular complexity index is 389. The zero-order chi connectivity index (χ0) is 12.7. The first-order valence-corrected chi connectivity index (χ1v) is 5.07. The monoisotopic (exact) mass is 237 g/mol. The van der Waals surface area contributed by atoms with Gasteiger partial charge in [0.2, 0.25) is 5.91 Å². The molecule has 1 aromatic carbocycles. The Morgan fingerprint density at radius 1 is 1.24 bits per heavy atom. The van der Waals surface area contributed by atoms with Gasteiger partial charge in [0.15, 0.2) is 6.61 Å². The van der Waals surface area contributed by atoms with Crippen molar-refractivity contribution in [3.05, 3.63) is 24.3 Å². The summed E-state index contributed by atoms with van der Waals surface area (Å²) in [6.07, 6.45) is 0. The molecule has 0 heterocycles. The fraction of sp³-hybridized carbons (Fsp3) is 0.273. The van der Waals surface area contributed by atoms with Gasteiger partial charge in [-0.3, -0.25) is 9.59 Å². The van der Waals surface area contributed by atoms with Gasteiger partial charge in [-0.15, -0.1) is 0 Å². The van der Waals surface area contributed by atoms with Gasteiger partial charge in [0.05, 0.1) is 6.54 Å². The van der Waals surface area contributed by atoms with Crippen molar-refractivity contribution in [2.75, 3.05) is 25.9 Å². The van der Waals surface area contributed by atoms with Crippen molar-refractivity contribution in [1.82, 2.24) is 10.6 Å². The highest BCUT2D eigenvalue weighted by atomic mass is 16.5. The Hall–Kier alpha value is -2.24. The number of nitrogen functional groups attached to an aromatic ring is 1. The van der Waals surface area contributed by atoms with Crippen LogP contribution in [0.2, 0.25) is 0 Å². The summed E-state index contributed by atoms with van der Waals surface area (Å²) in [6.45, 7) is -0.193. The van der Waals surface area contributed by atoms with Gasteiger partial charge < -0.3 is 21.1 Å². The molecule has 6 heteroatoms. The molecule has 92 valence electrons. The summed E-state index contributed by atoms with van der Waals surface area (Å²) < 4.78 is 5.19. The SMILES string of the molecule is CNC(=O)CNC(=O)COc1ccc(N)cc1. The average molecular weight is 237 g/mol. The van der Waals surface area contributed by atoms with Crippen LogP contribution in [0, 0.1) is 0 Å². The Balaban J connectivity index is 2.28. The maximum absolute atomic E-state index is 11.3. The van der Waals surface area contributed by atoms with Crippen LogP contribution in [0.15, 0.2) is 24.3 Å². The van der Waals surface area contributed by atoms with Crippen molar-refractivity contribution >= 4 is 17.5 Å². The number of amides is 2. The number of carbonyl (C=O) groups is 2. The predicted molar refractivity (Wildman–Crippen MR) is 63.4 cm³/mol. The summed E-state index contributed by atoms with van der Waals surface area (Å²) in [7, 11) is 1.50. The fourth-order valence-electron chi connectivity index (χ4n) is 1.03. The topological polar surface area (TPSA) is 93.5 Å². The minimum atomic E-state index is -0.356. The second kappa shape index (κ2) is 6.37. The summed E-state index contributed by atoms with van der Waals surface area (Å²) >= 11 is 0. The van der Waals surface area contributed by atoms with E-state index in [0.717, 1.165) is 0 Å². The molecule has 0 aliphatic rings. The molecule has 0 aliphatic heterocycles. The van der Waals surface area contributed by atoms with Crippen molar-refractivity contribution in [1.29, 1.82) is 0 Å². The van der Waals surface area contributed by atoms with Gasteiger partial charge in [0.25, 0.3) is 5.91 Å². The first kappa shape index (κ1) is 12.8. The smallest absolute Gasteiger partial charge is 0.258 e. The highest BCUT2D eigenvalue weighted by Crippen LogP contribution is 2.12. The number of nitrogens with two attached hydrogens (primary N) is 1. The van der Waals surface area contributed by atoms with Crippen LogP contribution in [0.25, 0.3) is 0 Å². The largest absolute Gasteiger partial charge is 0.484 e. The van der Waals surface area contributed by atoms with Gasteiger partial charge in [-0.05, 0) is 24.3 Å². The molecule has 1 rings (SSSR count). The molecule has 0 aliphatic carbocycles. The van der Waals surface area contributed by atoms with Gasteiger partial charge in [0.1, 0.15) is 5.75 Å². The van der Waals surface area contributed by atoms with E-state index in [1.807, 2.05) is 0 Å². The summed E-state index contributed by atoms with van der Waals surface area (Å²) in [4.78, 5) is 22.1. The highest BCUT2D eigenvalue weighted by molar-refractivity contribution is 5.85. The van der Waals surface area contributed by atoms with Crippen LogP contribution in [-0.2, 0) is 9.59 Å². The van der Waals surface area contributed by atoms with Crippen LogP contribution in [-0.4, -0.2) is 32.0 Å². The number of rotatable bonds is 5. The Labute approximate surface area is 99.1 Å². The van der Waals surface area contributed by atoms with Gasteiger partial charge >= 0.3 is 0 Å². The lowest BCUT2D eigenvalue weighted by Crippen LogP contribution is -2.37. The summed E-state index contributed by atoms with van der Waals surface area (Å²) in [6, 6.07) is 6.69. The molecular formula is C11H15N3O3. The molecule has 6 nitrogen and oxygen atoms in total. The quantitative estimate of drug-likeness (QED) is 0.602. The van der Waals surface area contributed by atoms with Crippen molar-refractivity contribution in [3.8, 4) is 5.75 Å². The normalized spacial score (nSPS) is 9.47. The second-order valence-electron chi connectivity index (χ2n) is 3.31. The molecule has 0 aromatic heterocycles. The molecule has 0 bridgehead atoms. The van der Waals surface area contributed by atoms with Crippen molar-refractivity contribution in [2.45, 2.75) is 0 Å². The van der Waals surface area contributed by atoms with Gasteiger partial charge in [0, 0.05) is 12.7 Å². The molecule has 17 heavy (non-hydrogen) atoms. The maximum Gasteiger partial charge on any atom is 0.258 e. The zero-order valence-corrected chi connectivity index (χ0v) is 9.53. The zero-order valence-electron chi connectivity index (χ0n) is 9.53. The molecule has 0 saturated carbocycles. The third-order valence-electron chi connectivity index (χ3n) is 1.97. The fourth-order valence-corrected chi connectivity index (χ4v) is 1.03. The minimum Gasteiger partial charge on any atom is -0.484 e. The standard InChI is InChI=1S/C11H15N3O3/c1-13-10(15)6-14-11(16)7-17-9-4-2-8(12)3-5-9/h2-5H,6-7,12H2,1H3,(H,13,15)(H,14,16). The van der Waals surface area contributed by atoms with Gasteiger partial charge in [-0.1, -0.05) is 0 Å². The lowest BCUT2D eigenvalue weighted by atomic mass is 10.3. The molecule has 0 atom stereocenters. The molecule has 0 radical (unpaired) electrons. The maximum atomic E-state index is 11.3. The predicted octanol–water partition coefficient (Wildman–Crippen LogP) is -0.490. The first-order chi connectivity index (χ1) is 8.11. The van der Waals surface area contributed by atoms with E-state index >= 15 is 0 Å².